The number of rotatable bonds is 7. The smallest absolute Gasteiger partial charge is 0.248 e. The third kappa shape index (κ3) is 5.62. The van der Waals surface area contributed by atoms with E-state index in [1.165, 1.54) is 35.0 Å². The van der Waals surface area contributed by atoms with Crippen molar-refractivity contribution >= 4 is 21.8 Å². The molecule has 2 aromatic rings. The van der Waals surface area contributed by atoms with Crippen molar-refractivity contribution in [2.45, 2.75) is 63.7 Å². The molecular formula is C22H32N6O5S. The van der Waals surface area contributed by atoms with E-state index >= 15 is 0 Å². The summed E-state index contributed by atoms with van der Waals surface area (Å²) in [7, 11) is -2.26. The Balaban J connectivity index is 1.80. The second kappa shape index (κ2) is 9.80. The van der Waals surface area contributed by atoms with Gasteiger partial charge in [-0.05, 0) is 24.5 Å². The molecule has 3 rings (SSSR count). The van der Waals surface area contributed by atoms with Crippen molar-refractivity contribution in [3.8, 4) is 0 Å². The van der Waals surface area contributed by atoms with Gasteiger partial charge in [-0.2, -0.15) is 0 Å². The van der Waals surface area contributed by atoms with E-state index in [9.17, 15) is 23.1 Å². The molecule has 0 bridgehead atoms. The number of carbonyl (C=O) groups is 2. The first-order valence-electron chi connectivity index (χ1n) is 11.0. The Hall–Kier alpha value is -2.83. The van der Waals surface area contributed by atoms with Gasteiger partial charge in [0, 0.05) is 20.0 Å². The van der Waals surface area contributed by atoms with Crippen LogP contribution in [0.3, 0.4) is 0 Å². The van der Waals surface area contributed by atoms with E-state index in [0.717, 1.165) is 5.56 Å². The van der Waals surface area contributed by atoms with E-state index in [2.05, 4.69) is 20.4 Å². The maximum absolute atomic E-state index is 13.5. The van der Waals surface area contributed by atoms with E-state index in [0.29, 0.717) is 5.69 Å². The first-order chi connectivity index (χ1) is 15.8. The Kier molecular flexibility index (Phi) is 7.44. The van der Waals surface area contributed by atoms with Crippen molar-refractivity contribution in [2.75, 3.05) is 13.6 Å². The molecule has 3 N–H and O–H groups in total. The number of β-amino-alcohol motifs (C(OH)–C–C–N with tert-alkyl or cyclic N) is 1. The number of amides is 2. The number of nitrogens with zero attached hydrogens (tertiary/aromatic N) is 4. The summed E-state index contributed by atoms with van der Waals surface area (Å²) in [6.45, 7) is 7.38. The zero-order valence-corrected chi connectivity index (χ0v) is 20.8. The van der Waals surface area contributed by atoms with Gasteiger partial charge in [0.05, 0.1) is 29.4 Å². The highest BCUT2D eigenvalue weighted by Gasteiger charge is 2.45. The number of aliphatic hydroxyl groups excluding tert-OH is 1. The lowest BCUT2D eigenvalue weighted by Crippen LogP contribution is -2.49. The number of aryl methyl sites for hydroxylation is 1. The molecule has 2 heterocycles. The van der Waals surface area contributed by atoms with Gasteiger partial charge < -0.3 is 15.3 Å². The number of hydrogen-bond donors (Lipinski definition) is 3. The molecule has 1 saturated heterocycles. The van der Waals surface area contributed by atoms with Gasteiger partial charge in [0.25, 0.3) is 0 Å². The number of carbonyl (C=O) groups excluding carboxylic acids is 2. The molecule has 1 aromatic heterocycles. The Morgan fingerprint density at radius 1 is 1.24 bits per heavy atom. The molecule has 2 unspecified atom stereocenters. The van der Waals surface area contributed by atoms with E-state index in [-0.39, 0.29) is 36.2 Å². The molecule has 0 radical (unpaired) electrons. The SMILES string of the molecule is CNC(=O)C1CC(O)CN1C(=O)[C@@H](n1cc(CNS(=O)(=O)c2ccc(C)cc2)nn1)C(C)(C)C. The van der Waals surface area contributed by atoms with E-state index < -0.39 is 33.6 Å². The van der Waals surface area contributed by atoms with Crippen molar-refractivity contribution in [3.05, 3.63) is 41.7 Å². The predicted octanol–water partition coefficient (Wildman–Crippen LogP) is 0.360. The van der Waals surface area contributed by atoms with E-state index in [1.54, 1.807) is 12.1 Å². The van der Waals surface area contributed by atoms with Crippen molar-refractivity contribution in [1.29, 1.82) is 0 Å². The Morgan fingerprint density at radius 2 is 1.88 bits per heavy atom. The highest BCUT2D eigenvalue weighted by atomic mass is 32.2. The fourth-order valence-corrected chi connectivity index (χ4v) is 5.00. The van der Waals surface area contributed by atoms with Crippen LogP contribution in [0.2, 0.25) is 0 Å². The summed E-state index contributed by atoms with van der Waals surface area (Å²) >= 11 is 0. The number of sulfonamides is 1. The standard InChI is InChI=1S/C22H32N6O5S/c1-14-6-8-17(9-7-14)34(32,33)24-11-15-12-28(26-25-15)19(22(2,3)4)21(31)27-13-16(29)10-18(27)20(30)23-5/h6-9,12,16,18-19,24,29H,10-11,13H2,1-5H3,(H,23,30)/t16?,18?,19-/m1/s1. The van der Waals surface area contributed by atoms with Gasteiger partial charge in [-0.3, -0.25) is 9.59 Å². The lowest BCUT2D eigenvalue weighted by atomic mass is 9.85. The first kappa shape index (κ1) is 25.8. The summed E-state index contributed by atoms with van der Waals surface area (Å²) in [6.07, 6.45) is 0.882. The van der Waals surface area contributed by atoms with Gasteiger partial charge in [0.15, 0.2) is 0 Å². The fraction of sp³-hybridized carbons (Fsp3) is 0.545. The zero-order chi connectivity index (χ0) is 25.3. The molecule has 1 aliphatic heterocycles. The van der Waals surface area contributed by atoms with Crippen LogP contribution in [0.4, 0.5) is 0 Å². The van der Waals surface area contributed by atoms with Gasteiger partial charge in [0.2, 0.25) is 21.8 Å². The van der Waals surface area contributed by atoms with Crippen LogP contribution in [-0.4, -0.2) is 71.0 Å². The quantitative estimate of drug-likeness (QED) is 0.506. The summed E-state index contributed by atoms with van der Waals surface area (Å²) in [4.78, 5) is 27.3. The number of aliphatic hydroxyl groups is 1. The Labute approximate surface area is 199 Å². The minimum absolute atomic E-state index is 0.0431. The minimum atomic E-state index is -3.74. The molecule has 3 atom stereocenters. The van der Waals surface area contributed by atoms with Crippen LogP contribution in [0.5, 0.6) is 0 Å². The van der Waals surface area contributed by atoms with Gasteiger partial charge in [-0.15, -0.1) is 5.10 Å². The van der Waals surface area contributed by atoms with E-state index in [4.69, 9.17) is 0 Å². The number of nitrogens with one attached hydrogen (secondary N) is 2. The lowest BCUT2D eigenvalue weighted by molar-refractivity contribution is -0.144. The van der Waals surface area contributed by atoms with Crippen LogP contribution in [0, 0.1) is 12.3 Å². The minimum Gasteiger partial charge on any atom is -0.391 e. The van der Waals surface area contributed by atoms with E-state index in [1.807, 2.05) is 27.7 Å². The lowest BCUT2D eigenvalue weighted by Gasteiger charge is -2.34. The molecule has 186 valence electrons. The topological polar surface area (TPSA) is 147 Å². The van der Waals surface area contributed by atoms with Gasteiger partial charge in [-0.25, -0.2) is 17.8 Å². The maximum atomic E-state index is 13.5. The maximum Gasteiger partial charge on any atom is 0.248 e. The summed E-state index contributed by atoms with van der Waals surface area (Å²) in [5.41, 5.74) is 0.676. The molecule has 34 heavy (non-hydrogen) atoms. The number of likely N-dealkylation sites (N-methyl/N-ethyl adjacent to an activating group) is 1. The summed E-state index contributed by atoms with van der Waals surface area (Å²) in [6, 6.07) is 4.88. The summed E-state index contributed by atoms with van der Waals surface area (Å²) in [5, 5.41) is 20.8. The second-order valence-electron chi connectivity index (χ2n) is 9.61. The van der Waals surface area contributed by atoms with Crippen molar-refractivity contribution in [2.24, 2.45) is 5.41 Å². The molecule has 1 aliphatic rings. The van der Waals surface area contributed by atoms with Crippen LogP contribution in [0.1, 0.15) is 44.5 Å². The largest absolute Gasteiger partial charge is 0.391 e. The normalized spacial score (nSPS) is 19.8. The van der Waals surface area contributed by atoms with Crippen molar-refractivity contribution < 1.29 is 23.1 Å². The molecule has 2 amide bonds. The molecule has 0 saturated carbocycles. The molecule has 11 nitrogen and oxygen atoms in total. The zero-order valence-electron chi connectivity index (χ0n) is 20.0. The number of likely N-dealkylation sites (tertiary alicyclic amines) is 1. The van der Waals surface area contributed by atoms with Crippen LogP contribution in [0.25, 0.3) is 0 Å². The Bertz CT molecular complexity index is 1140. The third-order valence-corrected chi connectivity index (χ3v) is 7.18. The number of aromatic nitrogens is 3. The third-order valence-electron chi connectivity index (χ3n) is 5.76. The van der Waals surface area contributed by atoms with Crippen LogP contribution >= 0.6 is 0 Å². The van der Waals surface area contributed by atoms with Gasteiger partial charge >= 0.3 is 0 Å². The highest BCUT2D eigenvalue weighted by molar-refractivity contribution is 7.89. The molecule has 12 heteroatoms. The summed E-state index contributed by atoms with van der Waals surface area (Å²) < 4.78 is 29.0. The molecule has 0 spiro atoms. The van der Waals surface area contributed by atoms with Gasteiger partial charge in [0.1, 0.15) is 12.1 Å². The number of benzene rings is 1. The molecule has 1 fully saturated rings. The average molecular weight is 493 g/mol. The average Bonchev–Trinajstić information content (AvgIpc) is 3.38. The molecule has 0 aliphatic carbocycles. The van der Waals surface area contributed by atoms with Crippen molar-refractivity contribution in [1.82, 2.24) is 29.9 Å². The van der Waals surface area contributed by atoms with Gasteiger partial charge in [-0.1, -0.05) is 43.7 Å². The second-order valence-corrected chi connectivity index (χ2v) is 11.4. The first-order valence-corrected chi connectivity index (χ1v) is 12.5. The number of hydrogen-bond acceptors (Lipinski definition) is 7. The van der Waals surface area contributed by atoms with Crippen LogP contribution < -0.4 is 10.0 Å². The molecular weight excluding hydrogens is 460 g/mol. The fourth-order valence-electron chi connectivity index (χ4n) is 4.00. The summed E-state index contributed by atoms with van der Waals surface area (Å²) in [5.74, 6) is -0.711. The Morgan fingerprint density at radius 3 is 2.47 bits per heavy atom. The van der Waals surface area contributed by atoms with Crippen LogP contribution in [-0.2, 0) is 26.2 Å². The van der Waals surface area contributed by atoms with Crippen LogP contribution in [0.15, 0.2) is 35.4 Å². The van der Waals surface area contributed by atoms with Crippen molar-refractivity contribution in [3.63, 3.8) is 0 Å². The molecule has 1 aromatic carbocycles. The monoisotopic (exact) mass is 492 g/mol. The highest BCUT2D eigenvalue weighted by Crippen LogP contribution is 2.34. The predicted molar refractivity (Wildman–Crippen MR) is 124 cm³/mol.